The van der Waals surface area contributed by atoms with Gasteiger partial charge in [0.05, 0.1) is 18.9 Å². The zero-order chi connectivity index (χ0) is 13.2. The van der Waals surface area contributed by atoms with E-state index in [0.29, 0.717) is 0 Å². The summed E-state index contributed by atoms with van der Waals surface area (Å²) < 4.78 is 7.70. The lowest BCUT2D eigenvalue weighted by Gasteiger charge is -2.30. The molecule has 0 saturated heterocycles. The summed E-state index contributed by atoms with van der Waals surface area (Å²) in [5.74, 6) is 0. The van der Waals surface area contributed by atoms with Gasteiger partial charge in [-0.15, -0.1) is 0 Å². The number of aryl methyl sites for hydroxylation is 1. The summed E-state index contributed by atoms with van der Waals surface area (Å²) in [6.07, 6.45) is 5.63. The Balaban J connectivity index is 1.79. The second kappa shape index (κ2) is 5.15. The average Bonchev–Trinajstić information content (AvgIpc) is 2.83. The van der Waals surface area contributed by atoms with Crippen molar-refractivity contribution >= 4 is 0 Å². The van der Waals surface area contributed by atoms with E-state index in [-0.39, 0.29) is 12.1 Å². The van der Waals surface area contributed by atoms with E-state index in [4.69, 9.17) is 10.5 Å². The lowest BCUT2D eigenvalue weighted by atomic mass is 9.91. The van der Waals surface area contributed by atoms with Crippen molar-refractivity contribution in [3.05, 3.63) is 53.3 Å². The molecule has 2 heterocycles. The molecule has 0 fully saturated rings. The fourth-order valence-corrected chi connectivity index (χ4v) is 2.74. The lowest BCUT2D eigenvalue weighted by molar-refractivity contribution is 0.0246. The van der Waals surface area contributed by atoms with E-state index >= 15 is 0 Å². The number of nitrogens with zero attached hydrogens (tertiary/aromatic N) is 2. The van der Waals surface area contributed by atoms with E-state index in [1.54, 1.807) is 4.68 Å². The molecular weight excluding hydrogens is 238 g/mol. The summed E-state index contributed by atoms with van der Waals surface area (Å²) in [6.45, 7) is 0.752. The highest BCUT2D eigenvalue weighted by Gasteiger charge is 2.26. The summed E-state index contributed by atoms with van der Waals surface area (Å²) in [6, 6.07) is 8.39. The monoisotopic (exact) mass is 257 g/mol. The largest absolute Gasteiger partial charge is 0.372 e. The molecule has 4 heteroatoms. The number of nitrogens with two attached hydrogens (primary N) is 1. The second-order valence-corrected chi connectivity index (χ2v) is 5.13. The van der Waals surface area contributed by atoms with E-state index in [9.17, 15) is 0 Å². The Morgan fingerprint density at radius 2 is 2.32 bits per heavy atom. The lowest BCUT2D eigenvalue weighted by Crippen LogP contribution is -2.35. The highest BCUT2D eigenvalue weighted by molar-refractivity contribution is 5.32. The summed E-state index contributed by atoms with van der Waals surface area (Å²) in [5.41, 5.74) is 10.1. The van der Waals surface area contributed by atoms with Crippen LogP contribution in [0, 0.1) is 0 Å². The van der Waals surface area contributed by atoms with Crippen molar-refractivity contribution in [2.45, 2.75) is 25.0 Å². The van der Waals surface area contributed by atoms with Gasteiger partial charge < -0.3 is 10.5 Å². The Morgan fingerprint density at radius 1 is 1.47 bits per heavy atom. The van der Waals surface area contributed by atoms with Crippen LogP contribution in [0.4, 0.5) is 0 Å². The van der Waals surface area contributed by atoms with Crippen LogP contribution in [-0.4, -0.2) is 22.4 Å². The molecule has 1 aromatic heterocycles. The topological polar surface area (TPSA) is 53.1 Å². The summed E-state index contributed by atoms with van der Waals surface area (Å²) in [4.78, 5) is 0. The van der Waals surface area contributed by atoms with E-state index < -0.39 is 0 Å². The fourth-order valence-electron chi connectivity index (χ4n) is 2.74. The first-order valence-corrected chi connectivity index (χ1v) is 6.66. The smallest absolute Gasteiger partial charge is 0.0981 e. The highest BCUT2D eigenvalue weighted by Crippen LogP contribution is 2.29. The number of hydrogen-bond donors (Lipinski definition) is 1. The van der Waals surface area contributed by atoms with Crippen LogP contribution in [-0.2, 0) is 24.6 Å². The Morgan fingerprint density at radius 3 is 3.11 bits per heavy atom. The third kappa shape index (κ3) is 2.55. The van der Waals surface area contributed by atoms with Crippen LogP contribution in [0.1, 0.15) is 22.8 Å². The quantitative estimate of drug-likeness (QED) is 0.908. The molecule has 100 valence electrons. The summed E-state index contributed by atoms with van der Waals surface area (Å²) >= 11 is 0. The van der Waals surface area contributed by atoms with Gasteiger partial charge in [0.25, 0.3) is 0 Å². The van der Waals surface area contributed by atoms with Gasteiger partial charge in [0.15, 0.2) is 0 Å². The van der Waals surface area contributed by atoms with Crippen LogP contribution in [0.25, 0.3) is 0 Å². The van der Waals surface area contributed by atoms with Crippen LogP contribution < -0.4 is 5.73 Å². The normalized spacial score (nSPS) is 20.0. The van der Waals surface area contributed by atoms with E-state index in [1.807, 2.05) is 19.4 Å². The molecule has 2 aromatic rings. The van der Waals surface area contributed by atoms with Gasteiger partial charge in [0, 0.05) is 19.3 Å². The van der Waals surface area contributed by atoms with Crippen LogP contribution in [0.3, 0.4) is 0 Å². The Labute approximate surface area is 113 Å². The highest BCUT2D eigenvalue weighted by atomic mass is 16.5. The molecule has 1 aromatic carbocycles. The van der Waals surface area contributed by atoms with Crippen molar-refractivity contribution in [1.29, 1.82) is 0 Å². The van der Waals surface area contributed by atoms with Crippen molar-refractivity contribution in [2.75, 3.05) is 6.61 Å². The molecule has 0 bridgehead atoms. The number of fused-ring (bicyclic) bond motifs is 1. The molecule has 1 aliphatic rings. The fraction of sp³-hybridized carbons (Fsp3) is 0.400. The maximum absolute atomic E-state index is 6.34. The van der Waals surface area contributed by atoms with E-state index in [2.05, 4.69) is 29.4 Å². The minimum atomic E-state index is -0.0364. The first-order valence-electron chi connectivity index (χ1n) is 6.66. The van der Waals surface area contributed by atoms with Gasteiger partial charge >= 0.3 is 0 Å². The van der Waals surface area contributed by atoms with Crippen molar-refractivity contribution in [3.63, 3.8) is 0 Å². The molecule has 0 amide bonds. The van der Waals surface area contributed by atoms with E-state index in [1.165, 1.54) is 11.1 Å². The predicted molar refractivity (Wildman–Crippen MR) is 73.7 cm³/mol. The molecule has 0 saturated carbocycles. The Kier molecular flexibility index (Phi) is 3.36. The van der Waals surface area contributed by atoms with Gasteiger partial charge in [-0.05, 0) is 29.5 Å². The number of ether oxygens (including phenoxy) is 1. The number of benzene rings is 1. The van der Waals surface area contributed by atoms with Crippen LogP contribution in [0.15, 0.2) is 36.7 Å². The van der Waals surface area contributed by atoms with Crippen LogP contribution >= 0.6 is 0 Å². The first-order chi connectivity index (χ1) is 9.24. The molecule has 2 N–H and O–H groups in total. The van der Waals surface area contributed by atoms with Gasteiger partial charge in [-0.1, -0.05) is 24.3 Å². The van der Waals surface area contributed by atoms with Crippen LogP contribution in [0.5, 0.6) is 0 Å². The number of hydrogen-bond acceptors (Lipinski definition) is 3. The molecule has 0 aliphatic carbocycles. The average molecular weight is 257 g/mol. The third-order valence-electron chi connectivity index (χ3n) is 3.65. The maximum Gasteiger partial charge on any atom is 0.0981 e. The molecule has 2 unspecified atom stereocenters. The molecular formula is C15H19N3O. The van der Waals surface area contributed by atoms with Gasteiger partial charge in [-0.25, -0.2) is 0 Å². The SMILES string of the molecule is Cn1cc(CC(N)C2OCCc3ccccc32)cn1. The Bertz CT molecular complexity index is 564. The summed E-state index contributed by atoms with van der Waals surface area (Å²) in [7, 11) is 1.92. The minimum Gasteiger partial charge on any atom is -0.372 e. The summed E-state index contributed by atoms with van der Waals surface area (Å²) in [5, 5.41) is 4.18. The Hall–Kier alpha value is -1.65. The first kappa shape index (κ1) is 12.4. The van der Waals surface area contributed by atoms with Crippen molar-refractivity contribution in [1.82, 2.24) is 9.78 Å². The molecule has 3 rings (SSSR count). The molecule has 1 aliphatic heterocycles. The van der Waals surface area contributed by atoms with Gasteiger partial charge in [0.2, 0.25) is 0 Å². The molecule has 19 heavy (non-hydrogen) atoms. The van der Waals surface area contributed by atoms with Gasteiger partial charge in [-0.2, -0.15) is 5.10 Å². The van der Waals surface area contributed by atoms with Gasteiger partial charge in [0.1, 0.15) is 0 Å². The molecule has 0 spiro atoms. The maximum atomic E-state index is 6.34. The molecule has 4 nitrogen and oxygen atoms in total. The van der Waals surface area contributed by atoms with Crippen LogP contribution in [0.2, 0.25) is 0 Å². The third-order valence-corrected chi connectivity index (χ3v) is 3.65. The standard InChI is InChI=1S/C15H19N3O/c1-18-10-11(9-17-18)8-14(16)15-13-5-3-2-4-12(13)6-7-19-15/h2-5,9-10,14-15H,6-8,16H2,1H3. The minimum absolute atomic E-state index is 0.00911. The zero-order valence-electron chi connectivity index (χ0n) is 11.1. The molecule has 2 atom stereocenters. The number of rotatable bonds is 3. The van der Waals surface area contributed by atoms with Crippen molar-refractivity contribution < 1.29 is 4.74 Å². The number of aromatic nitrogens is 2. The second-order valence-electron chi connectivity index (χ2n) is 5.13. The van der Waals surface area contributed by atoms with E-state index in [0.717, 1.165) is 25.0 Å². The van der Waals surface area contributed by atoms with Gasteiger partial charge in [-0.3, -0.25) is 4.68 Å². The predicted octanol–water partition coefficient (Wildman–Crippen LogP) is 1.60. The molecule has 0 radical (unpaired) electrons. The van der Waals surface area contributed by atoms with Crippen molar-refractivity contribution in [3.8, 4) is 0 Å². The van der Waals surface area contributed by atoms with Crippen molar-refractivity contribution in [2.24, 2.45) is 12.8 Å². The zero-order valence-corrected chi connectivity index (χ0v) is 11.1.